The molecule has 2 heterocycles. The smallest absolute Gasteiger partial charge is 0.149 e. The van der Waals surface area contributed by atoms with Gasteiger partial charge in [0.2, 0.25) is 0 Å². The summed E-state index contributed by atoms with van der Waals surface area (Å²) < 4.78 is 1.85. The van der Waals surface area contributed by atoms with Gasteiger partial charge in [0.25, 0.3) is 0 Å². The van der Waals surface area contributed by atoms with Gasteiger partial charge in [-0.05, 0) is 18.2 Å². The molecule has 2 aromatic heterocycles. The van der Waals surface area contributed by atoms with Gasteiger partial charge < -0.3 is 11.1 Å². The quantitative estimate of drug-likeness (QED) is 0.777. The van der Waals surface area contributed by atoms with Crippen LogP contribution < -0.4 is 11.1 Å². The SMILES string of the molecule is Nc1cccnc1NCCn1cccn1. The second-order valence-corrected chi connectivity index (χ2v) is 3.14. The van der Waals surface area contributed by atoms with Crippen molar-refractivity contribution in [3.63, 3.8) is 0 Å². The van der Waals surface area contributed by atoms with Crippen molar-refractivity contribution in [2.75, 3.05) is 17.6 Å². The summed E-state index contributed by atoms with van der Waals surface area (Å²) in [6.45, 7) is 1.55. The Labute approximate surface area is 87.9 Å². The summed E-state index contributed by atoms with van der Waals surface area (Å²) in [6.07, 6.45) is 5.39. The molecule has 2 rings (SSSR count). The van der Waals surface area contributed by atoms with E-state index in [0.29, 0.717) is 5.69 Å². The largest absolute Gasteiger partial charge is 0.396 e. The molecule has 15 heavy (non-hydrogen) atoms. The van der Waals surface area contributed by atoms with Crippen LogP contribution >= 0.6 is 0 Å². The Morgan fingerprint density at radius 1 is 1.33 bits per heavy atom. The van der Waals surface area contributed by atoms with Gasteiger partial charge in [0.05, 0.1) is 12.2 Å². The lowest BCUT2D eigenvalue weighted by Gasteiger charge is -2.07. The molecule has 0 aliphatic rings. The molecule has 0 unspecified atom stereocenters. The van der Waals surface area contributed by atoms with E-state index in [4.69, 9.17) is 5.73 Å². The van der Waals surface area contributed by atoms with Crippen LogP contribution in [0.5, 0.6) is 0 Å². The Hall–Kier alpha value is -2.04. The van der Waals surface area contributed by atoms with E-state index in [9.17, 15) is 0 Å². The fraction of sp³-hybridized carbons (Fsp3) is 0.200. The minimum Gasteiger partial charge on any atom is -0.396 e. The van der Waals surface area contributed by atoms with E-state index in [1.54, 1.807) is 12.4 Å². The predicted molar refractivity (Wildman–Crippen MR) is 59.4 cm³/mol. The minimum absolute atomic E-state index is 0.665. The van der Waals surface area contributed by atoms with Crippen LogP contribution in [0, 0.1) is 0 Å². The van der Waals surface area contributed by atoms with E-state index in [2.05, 4.69) is 15.4 Å². The topological polar surface area (TPSA) is 68.8 Å². The summed E-state index contributed by atoms with van der Waals surface area (Å²) in [5.41, 5.74) is 6.40. The number of nitrogens with two attached hydrogens (primary N) is 1. The second kappa shape index (κ2) is 4.45. The van der Waals surface area contributed by atoms with Crippen LogP contribution in [0.25, 0.3) is 0 Å². The van der Waals surface area contributed by atoms with Gasteiger partial charge >= 0.3 is 0 Å². The van der Waals surface area contributed by atoms with Gasteiger partial charge in [0, 0.05) is 25.1 Å². The Kier molecular flexibility index (Phi) is 2.82. The summed E-state index contributed by atoms with van der Waals surface area (Å²) >= 11 is 0. The summed E-state index contributed by atoms with van der Waals surface area (Å²) in [6, 6.07) is 5.53. The van der Waals surface area contributed by atoms with Crippen LogP contribution in [0.1, 0.15) is 0 Å². The molecule has 0 aliphatic carbocycles. The lowest BCUT2D eigenvalue weighted by molar-refractivity contribution is 0.637. The summed E-state index contributed by atoms with van der Waals surface area (Å²) in [5.74, 6) is 0.727. The van der Waals surface area contributed by atoms with Gasteiger partial charge in [-0.3, -0.25) is 4.68 Å². The van der Waals surface area contributed by atoms with Crippen LogP contribution in [0.3, 0.4) is 0 Å². The molecule has 0 bridgehead atoms. The average Bonchev–Trinajstić information content (AvgIpc) is 2.74. The third-order valence-electron chi connectivity index (χ3n) is 2.03. The summed E-state index contributed by atoms with van der Waals surface area (Å²) in [7, 11) is 0. The van der Waals surface area contributed by atoms with Crippen molar-refractivity contribution < 1.29 is 0 Å². The number of anilines is 2. The maximum absolute atomic E-state index is 5.73. The first-order valence-electron chi connectivity index (χ1n) is 4.78. The Morgan fingerprint density at radius 3 is 3.00 bits per heavy atom. The number of hydrogen-bond acceptors (Lipinski definition) is 4. The molecule has 0 aliphatic heterocycles. The van der Waals surface area contributed by atoms with Crippen molar-refractivity contribution in [3.05, 3.63) is 36.8 Å². The van der Waals surface area contributed by atoms with E-state index < -0.39 is 0 Å². The first-order chi connectivity index (χ1) is 7.36. The fourth-order valence-electron chi connectivity index (χ4n) is 1.29. The molecule has 2 aromatic rings. The number of nitrogens with one attached hydrogen (secondary N) is 1. The van der Waals surface area contributed by atoms with E-state index in [-0.39, 0.29) is 0 Å². The van der Waals surface area contributed by atoms with Crippen molar-refractivity contribution in [1.82, 2.24) is 14.8 Å². The molecule has 5 heteroatoms. The zero-order chi connectivity index (χ0) is 10.5. The van der Waals surface area contributed by atoms with Crippen LogP contribution in [0.2, 0.25) is 0 Å². The minimum atomic E-state index is 0.665. The van der Waals surface area contributed by atoms with E-state index in [1.807, 2.05) is 29.1 Å². The molecule has 0 saturated heterocycles. The molecule has 3 N–H and O–H groups in total. The van der Waals surface area contributed by atoms with Crippen LogP contribution in [-0.4, -0.2) is 21.3 Å². The number of nitrogens with zero attached hydrogens (tertiary/aromatic N) is 3. The molecule has 0 fully saturated rings. The van der Waals surface area contributed by atoms with E-state index in [0.717, 1.165) is 18.9 Å². The molecule has 0 spiro atoms. The number of pyridine rings is 1. The second-order valence-electron chi connectivity index (χ2n) is 3.14. The molecular formula is C10H13N5. The van der Waals surface area contributed by atoms with E-state index >= 15 is 0 Å². The third kappa shape index (κ3) is 2.46. The van der Waals surface area contributed by atoms with Gasteiger partial charge in [0.15, 0.2) is 0 Å². The normalized spacial score (nSPS) is 10.1. The zero-order valence-corrected chi connectivity index (χ0v) is 8.30. The Bertz CT molecular complexity index is 410. The van der Waals surface area contributed by atoms with Crippen molar-refractivity contribution in [3.8, 4) is 0 Å². The number of aromatic nitrogens is 3. The lowest BCUT2D eigenvalue weighted by Crippen LogP contribution is -2.12. The molecule has 0 aromatic carbocycles. The first kappa shape index (κ1) is 9.51. The molecule has 0 atom stereocenters. The van der Waals surface area contributed by atoms with Gasteiger partial charge in [-0.25, -0.2) is 4.98 Å². The highest BCUT2D eigenvalue weighted by atomic mass is 15.3. The fourth-order valence-corrected chi connectivity index (χ4v) is 1.29. The third-order valence-corrected chi connectivity index (χ3v) is 2.03. The molecule has 5 nitrogen and oxygen atoms in total. The molecule has 0 saturated carbocycles. The van der Waals surface area contributed by atoms with Crippen LogP contribution in [-0.2, 0) is 6.54 Å². The number of rotatable bonds is 4. The average molecular weight is 203 g/mol. The van der Waals surface area contributed by atoms with Crippen molar-refractivity contribution in [1.29, 1.82) is 0 Å². The van der Waals surface area contributed by atoms with Gasteiger partial charge in [-0.2, -0.15) is 5.10 Å². The first-order valence-corrected chi connectivity index (χ1v) is 4.78. The molecule has 78 valence electrons. The van der Waals surface area contributed by atoms with Crippen molar-refractivity contribution in [2.45, 2.75) is 6.54 Å². The Balaban J connectivity index is 1.86. The number of nitrogen functional groups attached to an aromatic ring is 1. The standard InChI is InChI=1S/C10H13N5/c11-9-3-1-4-12-10(9)13-6-8-15-7-2-5-14-15/h1-5,7H,6,8,11H2,(H,12,13). The van der Waals surface area contributed by atoms with Crippen molar-refractivity contribution >= 4 is 11.5 Å². The van der Waals surface area contributed by atoms with Crippen LogP contribution in [0.15, 0.2) is 36.8 Å². The highest BCUT2D eigenvalue weighted by molar-refractivity contribution is 5.60. The molecule has 0 amide bonds. The monoisotopic (exact) mass is 203 g/mol. The maximum Gasteiger partial charge on any atom is 0.149 e. The lowest BCUT2D eigenvalue weighted by atomic mass is 10.4. The van der Waals surface area contributed by atoms with Gasteiger partial charge in [0.1, 0.15) is 5.82 Å². The van der Waals surface area contributed by atoms with Crippen LogP contribution in [0.4, 0.5) is 11.5 Å². The molecule has 0 radical (unpaired) electrons. The maximum atomic E-state index is 5.73. The number of hydrogen-bond donors (Lipinski definition) is 2. The van der Waals surface area contributed by atoms with Gasteiger partial charge in [-0.1, -0.05) is 0 Å². The van der Waals surface area contributed by atoms with E-state index in [1.165, 1.54) is 0 Å². The van der Waals surface area contributed by atoms with Gasteiger partial charge in [-0.15, -0.1) is 0 Å². The molecular weight excluding hydrogens is 190 g/mol. The highest BCUT2D eigenvalue weighted by Crippen LogP contribution is 2.11. The Morgan fingerprint density at radius 2 is 2.27 bits per heavy atom. The summed E-state index contributed by atoms with van der Waals surface area (Å²) in [5, 5.41) is 7.25. The highest BCUT2D eigenvalue weighted by Gasteiger charge is 1.97. The van der Waals surface area contributed by atoms with Crippen molar-refractivity contribution in [2.24, 2.45) is 0 Å². The zero-order valence-electron chi connectivity index (χ0n) is 8.30. The summed E-state index contributed by atoms with van der Waals surface area (Å²) in [4.78, 5) is 4.13. The predicted octanol–water partition coefficient (Wildman–Crippen LogP) is 0.972.